The van der Waals surface area contributed by atoms with Crippen LogP contribution in [0.15, 0.2) is 36.4 Å². The van der Waals surface area contributed by atoms with Crippen molar-refractivity contribution >= 4 is 18.6 Å². The Balaban J connectivity index is 2.52. The molecular formula is C18H20O2P. The van der Waals surface area contributed by atoms with E-state index >= 15 is 0 Å². The molecule has 109 valence electrons. The molecule has 0 aliphatic rings. The second-order valence-electron chi connectivity index (χ2n) is 5.28. The lowest BCUT2D eigenvalue weighted by Crippen LogP contribution is -2.09. The SMILES string of the molecule is CCc1c(C)cc(C)c(C(=O)[P](=O)c2ccccc2)c1C. The van der Waals surface area contributed by atoms with Crippen LogP contribution in [0.4, 0.5) is 0 Å². The summed E-state index contributed by atoms with van der Waals surface area (Å²) in [5.41, 5.74) is 4.62. The summed E-state index contributed by atoms with van der Waals surface area (Å²) in [6.45, 7) is 8.02. The summed E-state index contributed by atoms with van der Waals surface area (Å²) in [5, 5.41) is 0.593. The highest BCUT2D eigenvalue weighted by atomic mass is 31.1. The molecule has 0 saturated heterocycles. The fraction of sp³-hybridized carbons (Fsp3) is 0.278. The molecule has 2 rings (SSSR count). The van der Waals surface area contributed by atoms with Crippen molar-refractivity contribution in [1.82, 2.24) is 0 Å². The monoisotopic (exact) mass is 299 g/mol. The third kappa shape index (κ3) is 2.96. The minimum atomic E-state index is -2.06. The second-order valence-corrected chi connectivity index (χ2v) is 6.79. The van der Waals surface area contributed by atoms with Gasteiger partial charge in [-0.2, -0.15) is 0 Å². The van der Waals surface area contributed by atoms with E-state index in [1.807, 2.05) is 38.1 Å². The predicted octanol–water partition coefficient (Wildman–Crippen LogP) is 4.47. The highest BCUT2D eigenvalue weighted by molar-refractivity contribution is 7.71. The standard InChI is InChI=1S/C18H20O2P/c1-5-16-12(2)11-13(3)17(14(16)4)18(19)21(20)15-9-7-6-8-10-15/h6-11H,5H2,1-4H3. The zero-order valence-electron chi connectivity index (χ0n) is 12.9. The summed E-state index contributed by atoms with van der Waals surface area (Å²) >= 11 is 0. The third-order valence-electron chi connectivity index (χ3n) is 3.87. The van der Waals surface area contributed by atoms with E-state index in [9.17, 15) is 9.36 Å². The normalized spacial score (nSPS) is 11.3. The summed E-state index contributed by atoms with van der Waals surface area (Å²) in [4.78, 5) is 12.7. The van der Waals surface area contributed by atoms with Crippen LogP contribution >= 0.6 is 7.80 Å². The van der Waals surface area contributed by atoms with Crippen LogP contribution in [0.5, 0.6) is 0 Å². The molecule has 0 amide bonds. The number of benzene rings is 2. The molecule has 0 spiro atoms. The van der Waals surface area contributed by atoms with Crippen LogP contribution in [0.25, 0.3) is 0 Å². The van der Waals surface area contributed by atoms with E-state index in [0.717, 1.165) is 17.5 Å². The van der Waals surface area contributed by atoms with Gasteiger partial charge in [-0.25, -0.2) is 0 Å². The van der Waals surface area contributed by atoms with Crippen molar-refractivity contribution in [2.24, 2.45) is 0 Å². The largest absolute Gasteiger partial charge is 0.281 e. The van der Waals surface area contributed by atoms with Gasteiger partial charge < -0.3 is 0 Å². The molecule has 3 heteroatoms. The predicted molar refractivity (Wildman–Crippen MR) is 88.0 cm³/mol. The first-order valence-corrected chi connectivity index (χ1v) is 8.39. The molecule has 2 aromatic carbocycles. The second kappa shape index (κ2) is 6.32. The first-order valence-electron chi connectivity index (χ1n) is 7.13. The number of carbonyl (C=O) groups excluding carboxylic acids is 1. The summed E-state index contributed by atoms with van der Waals surface area (Å²) in [5.74, 6) is 0. The molecular weight excluding hydrogens is 279 g/mol. The molecule has 0 N–H and O–H groups in total. The molecule has 0 heterocycles. The summed E-state index contributed by atoms with van der Waals surface area (Å²) in [7, 11) is -2.06. The molecule has 1 radical (unpaired) electrons. The maximum Gasteiger partial charge on any atom is 0.247 e. The van der Waals surface area contributed by atoms with Crippen molar-refractivity contribution in [3.05, 3.63) is 64.2 Å². The van der Waals surface area contributed by atoms with Crippen LogP contribution in [0.1, 0.15) is 39.5 Å². The van der Waals surface area contributed by atoms with Crippen LogP contribution in [0.2, 0.25) is 0 Å². The molecule has 2 nitrogen and oxygen atoms in total. The van der Waals surface area contributed by atoms with Crippen molar-refractivity contribution in [2.45, 2.75) is 34.1 Å². The van der Waals surface area contributed by atoms with Crippen molar-refractivity contribution in [3.8, 4) is 0 Å². The number of rotatable bonds is 4. The molecule has 0 bridgehead atoms. The first kappa shape index (κ1) is 15.6. The molecule has 1 unspecified atom stereocenters. The van der Waals surface area contributed by atoms with Gasteiger partial charge in [0.05, 0.1) is 0 Å². The zero-order chi connectivity index (χ0) is 15.6. The van der Waals surface area contributed by atoms with E-state index < -0.39 is 7.80 Å². The van der Waals surface area contributed by atoms with Gasteiger partial charge in [0.1, 0.15) is 0 Å². The van der Waals surface area contributed by atoms with E-state index in [1.54, 1.807) is 12.1 Å². The lowest BCUT2D eigenvalue weighted by Gasteiger charge is -2.15. The Morgan fingerprint density at radius 3 is 2.24 bits per heavy atom. The van der Waals surface area contributed by atoms with Gasteiger partial charge in [-0.05, 0) is 61.6 Å². The lowest BCUT2D eigenvalue weighted by molar-refractivity contribution is 0.107. The highest BCUT2D eigenvalue weighted by Crippen LogP contribution is 2.32. The van der Waals surface area contributed by atoms with Crippen LogP contribution < -0.4 is 5.30 Å². The van der Waals surface area contributed by atoms with E-state index in [0.29, 0.717) is 10.9 Å². The van der Waals surface area contributed by atoms with Gasteiger partial charge in [0.25, 0.3) is 0 Å². The van der Waals surface area contributed by atoms with Crippen molar-refractivity contribution in [3.63, 3.8) is 0 Å². The Hall–Kier alpha value is -1.79. The van der Waals surface area contributed by atoms with Gasteiger partial charge in [-0.15, -0.1) is 0 Å². The fourth-order valence-corrected chi connectivity index (χ4v) is 4.11. The maximum atomic E-state index is 12.7. The Labute approximate surface area is 127 Å². The Kier molecular flexibility index (Phi) is 4.69. The minimum absolute atomic E-state index is 0.263. The topological polar surface area (TPSA) is 34.1 Å². The van der Waals surface area contributed by atoms with Crippen LogP contribution in [-0.2, 0) is 11.0 Å². The number of carbonyl (C=O) groups is 1. The van der Waals surface area contributed by atoms with Gasteiger partial charge in [0.2, 0.25) is 5.52 Å². The maximum absolute atomic E-state index is 12.7. The van der Waals surface area contributed by atoms with Gasteiger partial charge in [-0.1, -0.05) is 31.2 Å². The molecule has 21 heavy (non-hydrogen) atoms. The van der Waals surface area contributed by atoms with Gasteiger partial charge in [0, 0.05) is 10.9 Å². The van der Waals surface area contributed by atoms with Crippen molar-refractivity contribution in [2.75, 3.05) is 0 Å². The Bertz CT molecular complexity index is 703. The fourth-order valence-electron chi connectivity index (χ4n) is 2.88. The van der Waals surface area contributed by atoms with Gasteiger partial charge in [0.15, 0.2) is 7.80 Å². The minimum Gasteiger partial charge on any atom is -0.281 e. The molecule has 1 atom stereocenters. The molecule has 0 aliphatic carbocycles. The summed E-state index contributed by atoms with van der Waals surface area (Å²) in [6, 6.07) is 11.0. The summed E-state index contributed by atoms with van der Waals surface area (Å²) < 4.78 is 12.5. The third-order valence-corrected chi connectivity index (χ3v) is 5.23. The van der Waals surface area contributed by atoms with Crippen LogP contribution in [-0.4, -0.2) is 5.52 Å². The molecule has 0 fully saturated rings. The molecule has 0 aliphatic heterocycles. The van der Waals surface area contributed by atoms with Crippen molar-refractivity contribution < 1.29 is 9.36 Å². The average molecular weight is 299 g/mol. The molecule has 0 saturated carbocycles. The Morgan fingerprint density at radius 2 is 1.67 bits per heavy atom. The highest BCUT2D eigenvalue weighted by Gasteiger charge is 2.23. The van der Waals surface area contributed by atoms with E-state index in [4.69, 9.17) is 0 Å². The molecule has 2 aromatic rings. The number of hydrogen-bond acceptors (Lipinski definition) is 2. The zero-order valence-corrected chi connectivity index (χ0v) is 13.8. The van der Waals surface area contributed by atoms with Crippen LogP contribution in [0.3, 0.4) is 0 Å². The smallest absolute Gasteiger partial charge is 0.247 e. The average Bonchev–Trinajstić information content (AvgIpc) is 2.47. The first-order chi connectivity index (χ1) is 9.97. The number of hydrogen-bond donors (Lipinski definition) is 0. The molecule has 0 aromatic heterocycles. The van der Waals surface area contributed by atoms with Crippen molar-refractivity contribution in [1.29, 1.82) is 0 Å². The lowest BCUT2D eigenvalue weighted by atomic mass is 9.93. The van der Waals surface area contributed by atoms with E-state index in [-0.39, 0.29) is 5.52 Å². The Morgan fingerprint density at radius 1 is 1.05 bits per heavy atom. The van der Waals surface area contributed by atoms with E-state index in [1.165, 1.54) is 11.1 Å². The van der Waals surface area contributed by atoms with E-state index in [2.05, 4.69) is 13.8 Å². The summed E-state index contributed by atoms with van der Waals surface area (Å²) in [6.07, 6.45) is 0.875. The van der Waals surface area contributed by atoms with Crippen LogP contribution in [0, 0.1) is 20.8 Å². The van der Waals surface area contributed by atoms with Gasteiger partial charge in [-0.3, -0.25) is 9.36 Å². The number of aryl methyl sites for hydroxylation is 2. The van der Waals surface area contributed by atoms with Gasteiger partial charge >= 0.3 is 0 Å². The quantitative estimate of drug-likeness (QED) is 0.781.